The fraction of sp³-hybridized carbons (Fsp3) is 0. The van der Waals surface area contributed by atoms with Crippen molar-refractivity contribution >= 4 is 5.65 Å². The van der Waals surface area contributed by atoms with Crippen molar-refractivity contribution in [2.45, 2.75) is 0 Å². The monoisotopic (exact) mass is 173 g/mol. The molecule has 1 aliphatic carbocycles. The van der Waals surface area contributed by atoms with E-state index in [0.29, 0.717) is 0 Å². The molecule has 0 amide bonds. The van der Waals surface area contributed by atoms with E-state index in [2.05, 4.69) is 10.1 Å². The summed E-state index contributed by atoms with van der Waals surface area (Å²) in [6, 6.07) is 7.50. The lowest BCUT2D eigenvalue weighted by Gasteiger charge is -2.00. The summed E-state index contributed by atoms with van der Waals surface area (Å²) in [5.41, 5.74) is 2.79. The van der Waals surface area contributed by atoms with E-state index in [4.69, 9.17) is 0 Å². The lowest BCUT2D eigenvalue weighted by molar-refractivity contribution is 0.449. The van der Waals surface area contributed by atoms with Gasteiger partial charge in [-0.1, -0.05) is 12.1 Å². The molecule has 64 valence electrons. The zero-order chi connectivity index (χ0) is 8.84. The van der Waals surface area contributed by atoms with Gasteiger partial charge in [0.25, 0.3) is 0 Å². The molecule has 1 aliphatic heterocycles. The van der Waals surface area contributed by atoms with Gasteiger partial charge in [-0.2, -0.15) is 0 Å². The summed E-state index contributed by atoms with van der Waals surface area (Å²) in [6.45, 7) is 0. The maximum atomic E-state index is 9.24. The van der Waals surface area contributed by atoms with Crippen molar-refractivity contribution in [1.82, 2.24) is 14.6 Å². The normalized spacial score (nSPS) is 11.4. The molecule has 2 heterocycles. The largest absolute Gasteiger partial charge is 0.494 e. The topological polar surface area (TPSA) is 53.3 Å². The van der Waals surface area contributed by atoms with Gasteiger partial charge in [0.1, 0.15) is 0 Å². The summed E-state index contributed by atoms with van der Waals surface area (Å²) in [6.07, 6.45) is 1.79. The first-order chi connectivity index (χ1) is 6.34. The van der Waals surface area contributed by atoms with Gasteiger partial charge in [-0.25, -0.2) is 9.50 Å². The molecule has 0 atom stereocenters. The number of aromatic amines is 1. The highest BCUT2D eigenvalue weighted by atomic mass is 16.3. The standard InChI is InChI=1S/C9H7N3O/c13-9-4-8-10-5-6-2-1-3-7(6)12(8)11-9/h1-5,11,13H. The highest BCUT2D eigenvalue weighted by Crippen LogP contribution is 2.23. The van der Waals surface area contributed by atoms with Gasteiger partial charge in [-0.15, -0.1) is 0 Å². The molecule has 13 heavy (non-hydrogen) atoms. The van der Waals surface area contributed by atoms with Crippen LogP contribution in [0.4, 0.5) is 0 Å². The molecule has 3 rings (SSSR count). The molecule has 0 saturated carbocycles. The highest BCUT2D eigenvalue weighted by Gasteiger charge is 2.08. The van der Waals surface area contributed by atoms with Gasteiger partial charge < -0.3 is 5.11 Å². The lowest BCUT2D eigenvalue weighted by Crippen LogP contribution is -1.93. The van der Waals surface area contributed by atoms with E-state index in [0.717, 1.165) is 16.9 Å². The van der Waals surface area contributed by atoms with Gasteiger partial charge >= 0.3 is 0 Å². The molecule has 0 unspecified atom stereocenters. The first-order valence-electron chi connectivity index (χ1n) is 3.99. The van der Waals surface area contributed by atoms with Crippen molar-refractivity contribution in [2.24, 2.45) is 0 Å². The smallest absolute Gasteiger partial charge is 0.207 e. The molecule has 0 spiro atoms. The van der Waals surface area contributed by atoms with Crippen LogP contribution in [0.5, 0.6) is 5.88 Å². The molecule has 1 aromatic heterocycles. The van der Waals surface area contributed by atoms with Crippen molar-refractivity contribution in [2.75, 3.05) is 0 Å². The predicted octanol–water partition coefficient (Wildman–Crippen LogP) is 1.47. The third kappa shape index (κ3) is 0.767. The fourth-order valence-corrected chi connectivity index (χ4v) is 1.54. The van der Waals surface area contributed by atoms with Crippen LogP contribution in [0.2, 0.25) is 0 Å². The Morgan fingerprint density at radius 1 is 1.38 bits per heavy atom. The Kier molecular flexibility index (Phi) is 1.02. The number of hydrogen-bond acceptors (Lipinski definition) is 2. The van der Waals surface area contributed by atoms with Crippen molar-refractivity contribution in [1.29, 1.82) is 0 Å². The number of nitrogens with one attached hydrogen (secondary N) is 1. The SMILES string of the molecule is Oc1cc2ncc3cccc-3n2[nH]1. The van der Waals surface area contributed by atoms with Gasteiger partial charge in [0, 0.05) is 17.8 Å². The molecule has 4 nitrogen and oxygen atoms in total. The molecule has 0 aromatic carbocycles. The molecular weight excluding hydrogens is 166 g/mol. The van der Waals surface area contributed by atoms with E-state index in [1.165, 1.54) is 0 Å². The minimum atomic E-state index is 0.126. The Hall–Kier alpha value is -1.97. The summed E-state index contributed by atoms with van der Waals surface area (Å²) in [4.78, 5) is 4.17. The van der Waals surface area contributed by atoms with Crippen LogP contribution in [0.25, 0.3) is 16.9 Å². The van der Waals surface area contributed by atoms with E-state index >= 15 is 0 Å². The van der Waals surface area contributed by atoms with Crippen molar-refractivity contribution in [3.8, 4) is 17.1 Å². The van der Waals surface area contributed by atoms with E-state index in [-0.39, 0.29) is 5.88 Å². The summed E-state index contributed by atoms with van der Waals surface area (Å²) < 4.78 is 1.75. The Bertz CT molecular complexity index is 537. The first-order valence-corrected chi connectivity index (χ1v) is 3.99. The second-order valence-electron chi connectivity index (χ2n) is 2.96. The van der Waals surface area contributed by atoms with Crippen molar-refractivity contribution in [3.63, 3.8) is 0 Å². The summed E-state index contributed by atoms with van der Waals surface area (Å²) in [5.74, 6) is 0.126. The number of fused-ring (bicyclic) bond motifs is 3. The van der Waals surface area contributed by atoms with Crippen molar-refractivity contribution < 1.29 is 5.11 Å². The molecule has 0 radical (unpaired) electrons. The van der Waals surface area contributed by atoms with Crippen LogP contribution >= 0.6 is 0 Å². The van der Waals surface area contributed by atoms with Crippen LogP contribution in [-0.4, -0.2) is 19.7 Å². The lowest BCUT2D eigenvalue weighted by atomic mass is 10.3. The Balaban J connectivity index is 2.55. The second kappa shape index (κ2) is 2.04. The molecule has 0 fully saturated rings. The molecule has 2 N–H and O–H groups in total. The number of H-pyrrole nitrogens is 1. The average Bonchev–Trinajstić information content (AvgIpc) is 2.65. The minimum absolute atomic E-state index is 0.126. The van der Waals surface area contributed by atoms with E-state index < -0.39 is 0 Å². The number of hydrogen-bond donors (Lipinski definition) is 2. The molecule has 2 aliphatic rings. The van der Waals surface area contributed by atoms with Crippen LogP contribution in [0.15, 0.2) is 30.5 Å². The summed E-state index contributed by atoms with van der Waals surface area (Å²) in [5, 5.41) is 12.0. The minimum Gasteiger partial charge on any atom is -0.494 e. The van der Waals surface area contributed by atoms with Crippen LogP contribution in [0.1, 0.15) is 0 Å². The molecule has 4 heteroatoms. The van der Waals surface area contributed by atoms with Crippen LogP contribution in [0, 0.1) is 0 Å². The Morgan fingerprint density at radius 2 is 2.31 bits per heavy atom. The number of nitrogens with zero attached hydrogens (tertiary/aromatic N) is 2. The predicted molar refractivity (Wildman–Crippen MR) is 47.8 cm³/mol. The molecule has 0 bridgehead atoms. The Morgan fingerprint density at radius 3 is 3.23 bits per heavy atom. The third-order valence-corrected chi connectivity index (χ3v) is 2.12. The maximum absolute atomic E-state index is 9.24. The van der Waals surface area contributed by atoms with E-state index in [1.807, 2.05) is 18.2 Å². The second-order valence-corrected chi connectivity index (χ2v) is 2.96. The quantitative estimate of drug-likeness (QED) is 0.541. The van der Waals surface area contributed by atoms with Gasteiger partial charge in [-0.3, -0.25) is 5.10 Å². The van der Waals surface area contributed by atoms with Gasteiger partial charge in [0.15, 0.2) is 5.65 Å². The number of rotatable bonds is 0. The van der Waals surface area contributed by atoms with Gasteiger partial charge in [0.2, 0.25) is 5.88 Å². The number of aromatic hydroxyl groups is 1. The van der Waals surface area contributed by atoms with Crippen LogP contribution in [0.3, 0.4) is 0 Å². The molecule has 0 saturated heterocycles. The fourth-order valence-electron chi connectivity index (χ4n) is 1.54. The van der Waals surface area contributed by atoms with E-state index in [9.17, 15) is 5.11 Å². The third-order valence-electron chi connectivity index (χ3n) is 2.12. The summed E-state index contributed by atoms with van der Waals surface area (Å²) in [7, 11) is 0. The number of aromatic nitrogens is 3. The average molecular weight is 173 g/mol. The Labute approximate surface area is 73.8 Å². The van der Waals surface area contributed by atoms with Crippen molar-refractivity contribution in [3.05, 3.63) is 30.5 Å². The van der Waals surface area contributed by atoms with Gasteiger partial charge in [0.05, 0.1) is 5.69 Å². The maximum Gasteiger partial charge on any atom is 0.207 e. The van der Waals surface area contributed by atoms with Crippen LogP contribution < -0.4 is 0 Å². The van der Waals surface area contributed by atoms with Gasteiger partial charge in [-0.05, 0) is 6.07 Å². The molecular formula is C9H7N3O. The summed E-state index contributed by atoms with van der Waals surface area (Å²) >= 11 is 0. The first kappa shape index (κ1) is 6.54. The highest BCUT2D eigenvalue weighted by molar-refractivity contribution is 5.65. The van der Waals surface area contributed by atoms with Crippen LogP contribution in [-0.2, 0) is 0 Å². The zero-order valence-corrected chi connectivity index (χ0v) is 6.73. The zero-order valence-electron chi connectivity index (χ0n) is 6.73. The van der Waals surface area contributed by atoms with E-state index in [1.54, 1.807) is 16.8 Å². The molecule has 1 aromatic rings.